The molecule has 0 N–H and O–H groups in total. The fourth-order valence-corrected chi connectivity index (χ4v) is 0.343. The minimum atomic E-state index is -0.0908. The van der Waals surface area contributed by atoms with Gasteiger partial charge in [-0.25, -0.2) is 9.98 Å². The molecule has 0 aromatic carbocycles. The van der Waals surface area contributed by atoms with Gasteiger partial charge in [-0.1, -0.05) is 20.8 Å². The van der Waals surface area contributed by atoms with Gasteiger partial charge in [0.05, 0.1) is 11.5 Å². The zero-order valence-electron chi connectivity index (χ0n) is 8.39. The van der Waals surface area contributed by atoms with Crippen molar-refractivity contribution in [3.8, 4) is 0 Å². The minimum absolute atomic E-state index is 0.0908. The van der Waals surface area contributed by atoms with Crippen LogP contribution in [0.1, 0.15) is 34.6 Å². The van der Waals surface area contributed by atoms with Gasteiger partial charge in [0.15, 0.2) is 0 Å². The molecule has 0 spiro atoms. The summed E-state index contributed by atoms with van der Waals surface area (Å²) in [6.45, 7) is 10.7. The quantitative estimate of drug-likeness (QED) is 0.519. The van der Waals surface area contributed by atoms with Gasteiger partial charge in [0.25, 0.3) is 0 Å². The van der Waals surface area contributed by atoms with Crippen LogP contribution in [0.4, 0.5) is 0 Å². The van der Waals surface area contributed by atoms with Crippen LogP contribution in [0.25, 0.3) is 0 Å². The van der Waals surface area contributed by atoms with E-state index in [9.17, 15) is 0 Å². The van der Waals surface area contributed by atoms with Gasteiger partial charge in [-0.15, -0.1) is 0 Å². The van der Waals surface area contributed by atoms with Crippen LogP contribution in [-0.4, -0.2) is 18.6 Å². The summed E-state index contributed by atoms with van der Waals surface area (Å²) >= 11 is 0. The SMILES string of the molecule is CN=C=NC(C)(C)C(C)(C)C. The van der Waals surface area contributed by atoms with E-state index < -0.39 is 0 Å². The largest absolute Gasteiger partial charge is 0.229 e. The fourth-order valence-electron chi connectivity index (χ4n) is 0.343. The molecule has 11 heavy (non-hydrogen) atoms. The molecular formula is C9H18N2. The van der Waals surface area contributed by atoms with Gasteiger partial charge >= 0.3 is 0 Å². The first-order valence-electron chi connectivity index (χ1n) is 3.87. The maximum atomic E-state index is 4.23. The fraction of sp³-hybridized carbons (Fsp3) is 0.889. The highest BCUT2D eigenvalue weighted by atomic mass is 14.9. The van der Waals surface area contributed by atoms with E-state index in [1.54, 1.807) is 7.05 Å². The second-order valence-electron chi connectivity index (χ2n) is 4.24. The third-order valence-corrected chi connectivity index (χ3v) is 2.26. The number of hydrogen-bond acceptors (Lipinski definition) is 2. The van der Waals surface area contributed by atoms with Crippen molar-refractivity contribution < 1.29 is 0 Å². The summed E-state index contributed by atoms with van der Waals surface area (Å²) in [6, 6.07) is 2.65. The van der Waals surface area contributed by atoms with E-state index in [0.29, 0.717) is 0 Å². The third-order valence-electron chi connectivity index (χ3n) is 2.26. The molecule has 2 heteroatoms. The topological polar surface area (TPSA) is 24.7 Å². The van der Waals surface area contributed by atoms with Crippen LogP contribution in [0.2, 0.25) is 0 Å². The Kier molecular flexibility index (Phi) is 3.01. The standard InChI is InChI=1S/C9H18N2/c1-8(2,3)9(4,5)11-7-10-6/h1-6H3. The number of nitrogens with zero attached hydrogens (tertiary/aromatic N) is 2. The Morgan fingerprint density at radius 2 is 1.45 bits per heavy atom. The molecule has 0 atom stereocenters. The highest BCUT2D eigenvalue weighted by Gasteiger charge is 2.31. The van der Waals surface area contributed by atoms with E-state index in [4.69, 9.17) is 0 Å². The van der Waals surface area contributed by atoms with E-state index in [-0.39, 0.29) is 11.0 Å². The first-order valence-corrected chi connectivity index (χ1v) is 3.87. The van der Waals surface area contributed by atoms with Crippen LogP contribution >= 0.6 is 0 Å². The highest BCUT2D eigenvalue weighted by Crippen LogP contribution is 2.32. The molecule has 0 saturated heterocycles. The molecule has 0 bridgehead atoms. The van der Waals surface area contributed by atoms with Crippen molar-refractivity contribution in [1.29, 1.82) is 0 Å². The maximum absolute atomic E-state index is 4.23. The predicted octanol–water partition coefficient (Wildman–Crippen LogP) is 2.61. The van der Waals surface area contributed by atoms with Crippen LogP contribution in [-0.2, 0) is 0 Å². The molecule has 0 heterocycles. The van der Waals surface area contributed by atoms with E-state index in [2.05, 4.69) is 50.6 Å². The average molecular weight is 154 g/mol. The van der Waals surface area contributed by atoms with Gasteiger partial charge in [0.1, 0.15) is 0 Å². The van der Waals surface area contributed by atoms with Crippen LogP contribution in [0, 0.1) is 5.41 Å². The first kappa shape index (κ1) is 10.4. The van der Waals surface area contributed by atoms with Crippen molar-refractivity contribution >= 4 is 6.01 Å². The summed E-state index contributed by atoms with van der Waals surface area (Å²) in [5.41, 5.74) is 0.0667. The average Bonchev–Trinajstić information content (AvgIpc) is 1.81. The van der Waals surface area contributed by atoms with Gasteiger partial charge in [-0.05, 0) is 19.3 Å². The Morgan fingerprint density at radius 3 is 1.73 bits per heavy atom. The zero-order valence-corrected chi connectivity index (χ0v) is 8.39. The number of rotatable bonds is 1. The van der Waals surface area contributed by atoms with Crippen LogP contribution in [0.15, 0.2) is 9.98 Å². The lowest BCUT2D eigenvalue weighted by atomic mass is 9.77. The summed E-state index contributed by atoms with van der Waals surface area (Å²) in [5.74, 6) is 0. The van der Waals surface area contributed by atoms with E-state index in [1.807, 2.05) is 0 Å². The molecule has 0 unspecified atom stereocenters. The summed E-state index contributed by atoms with van der Waals surface area (Å²) < 4.78 is 0. The molecule has 0 amide bonds. The molecule has 0 radical (unpaired) electrons. The smallest absolute Gasteiger partial charge is 0.0895 e. The van der Waals surface area contributed by atoms with Gasteiger partial charge in [0.2, 0.25) is 0 Å². The van der Waals surface area contributed by atoms with Gasteiger partial charge in [-0.3, -0.25) is 0 Å². The molecule has 2 nitrogen and oxygen atoms in total. The summed E-state index contributed by atoms with van der Waals surface area (Å²) in [6.07, 6.45) is 0. The van der Waals surface area contributed by atoms with Crippen LogP contribution in [0.3, 0.4) is 0 Å². The summed E-state index contributed by atoms with van der Waals surface area (Å²) in [4.78, 5) is 7.95. The highest BCUT2D eigenvalue weighted by molar-refractivity contribution is 5.42. The molecular weight excluding hydrogens is 136 g/mol. The summed E-state index contributed by atoms with van der Waals surface area (Å²) in [7, 11) is 1.68. The van der Waals surface area contributed by atoms with Crippen molar-refractivity contribution in [3.63, 3.8) is 0 Å². The Morgan fingerprint density at radius 1 is 1.00 bits per heavy atom. The van der Waals surface area contributed by atoms with Crippen molar-refractivity contribution in [3.05, 3.63) is 0 Å². The van der Waals surface area contributed by atoms with Gasteiger partial charge in [0, 0.05) is 7.05 Å². The summed E-state index contributed by atoms with van der Waals surface area (Å²) in [5, 5.41) is 0. The molecule has 0 saturated carbocycles. The Hall–Kier alpha value is -0.620. The Labute approximate surface area is 69.4 Å². The number of hydrogen-bond donors (Lipinski definition) is 0. The van der Waals surface area contributed by atoms with E-state index >= 15 is 0 Å². The van der Waals surface area contributed by atoms with E-state index in [1.165, 1.54) is 0 Å². The molecule has 0 aromatic rings. The van der Waals surface area contributed by atoms with Gasteiger partial charge in [-0.2, -0.15) is 0 Å². The molecule has 0 aliphatic heterocycles. The van der Waals surface area contributed by atoms with Crippen molar-refractivity contribution in [2.24, 2.45) is 15.4 Å². The molecule has 0 aliphatic rings. The third kappa shape index (κ3) is 2.85. The molecule has 0 fully saturated rings. The maximum Gasteiger partial charge on any atom is 0.0895 e. The Bertz CT molecular complexity index is 178. The number of aliphatic imine (C=N–C) groups is 2. The van der Waals surface area contributed by atoms with Crippen molar-refractivity contribution in [2.45, 2.75) is 40.2 Å². The monoisotopic (exact) mass is 154 g/mol. The second kappa shape index (κ2) is 3.19. The lowest BCUT2D eigenvalue weighted by Gasteiger charge is -2.33. The molecule has 0 rings (SSSR count). The molecule has 0 aromatic heterocycles. The lowest BCUT2D eigenvalue weighted by Crippen LogP contribution is -2.34. The van der Waals surface area contributed by atoms with Crippen molar-refractivity contribution in [1.82, 2.24) is 0 Å². The Balaban J connectivity index is 4.60. The molecule has 64 valence electrons. The normalized spacial score (nSPS) is 12.2. The van der Waals surface area contributed by atoms with Crippen LogP contribution < -0.4 is 0 Å². The molecule has 0 aliphatic carbocycles. The minimum Gasteiger partial charge on any atom is -0.229 e. The van der Waals surface area contributed by atoms with Crippen molar-refractivity contribution in [2.75, 3.05) is 7.05 Å². The predicted molar refractivity (Wildman–Crippen MR) is 49.3 cm³/mol. The zero-order chi connectivity index (χ0) is 9.12. The van der Waals surface area contributed by atoms with E-state index in [0.717, 1.165) is 0 Å². The lowest BCUT2D eigenvalue weighted by molar-refractivity contribution is 0.234. The van der Waals surface area contributed by atoms with Crippen LogP contribution in [0.5, 0.6) is 0 Å². The second-order valence-corrected chi connectivity index (χ2v) is 4.24. The first-order chi connectivity index (χ1) is 4.81. The van der Waals surface area contributed by atoms with Gasteiger partial charge < -0.3 is 0 Å².